The van der Waals surface area contributed by atoms with Crippen LogP contribution < -0.4 is 5.32 Å². The van der Waals surface area contributed by atoms with E-state index in [9.17, 15) is 21.6 Å². The van der Waals surface area contributed by atoms with Crippen LogP contribution in [-0.4, -0.2) is 51.9 Å². The summed E-state index contributed by atoms with van der Waals surface area (Å²) in [6.07, 6.45) is -3.21. The Morgan fingerprint density at radius 3 is 2.21 bits per heavy atom. The Morgan fingerprint density at radius 1 is 1.25 bits per heavy atom. The van der Waals surface area contributed by atoms with Gasteiger partial charge in [0.1, 0.15) is 9.84 Å². The summed E-state index contributed by atoms with van der Waals surface area (Å²) in [6, 6.07) is 4.87. The molecule has 1 aromatic rings. The van der Waals surface area contributed by atoms with Gasteiger partial charge in [-0.3, -0.25) is 4.99 Å². The number of nitrogens with one attached hydrogen (secondary N) is 1. The van der Waals surface area contributed by atoms with E-state index in [4.69, 9.17) is 0 Å². The molecule has 0 fully saturated rings. The van der Waals surface area contributed by atoms with Crippen LogP contribution in [0.1, 0.15) is 11.1 Å². The molecule has 0 saturated heterocycles. The van der Waals surface area contributed by atoms with Gasteiger partial charge in [-0.2, -0.15) is 13.2 Å². The highest BCUT2D eigenvalue weighted by molar-refractivity contribution is 14.0. The van der Waals surface area contributed by atoms with E-state index in [2.05, 4.69) is 10.3 Å². The van der Waals surface area contributed by atoms with Crippen LogP contribution in [0, 0.1) is 0 Å². The highest BCUT2D eigenvalue weighted by Gasteiger charge is 2.29. The van der Waals surface area contributed by atoms with Crippen LogP contribution in [0.15, 0.2) is 29.3 Å². The standard InChI is InChI=1S/C14H20F3N3O2S.HI/c1-18-13(19-8-9-23(3,21)22)20(2)10-11-4-6-12(7-5-11)14(15,16)17;/h4-7H,8-10H2,1-3H3,(H,18,19);1H. The second-order valence-corrected chi connectivity index (χ2v) is 7.41. The predicted octanol–water partition coefficient (Wildman–Crippen LogP) is 2.38. The van der Waals surface area contributed by atoms with E-state index in [-0.39, 0.29) is 36.3 Å². The van der Waals surface area contributed by atoms with Crippen molar-refractivity contribution in [3.05, 3.63) is 35.4 Å². The highest BCUT2D eigenvalue weighted by Crippen LogP contribution is 2.29. The molecule has 0 heterocycles. The van der Waals surface area contributed by atoms with Crippen molar-refractivity contribution in [2.75, 3.05) is 32.6 Å². The third kappa shape index (κ3) is 8.18. The first-order valence-electron chi connectivity index (χ1n) is 6.78. The lowest BCUT2D eigenvalue weighted by molar-refractivity contribution is -0.137. The topological polar surface area (TPSA) is 61.8 Å². The number of guanidine groups is 1. The van der Waals surface area contributed by atoms with Crippen LogP contribution in [0.2, 0.25) is 0 Å². The molecule has 1 aromatic carbocycles. The van der Waals surface area contributed by atoms with E-state index in [1.165, 1.54) is 12.1 Å². The Bertz CT molecular complexity index is 646. The molecule has 0 unspecified atom stereocenters. The molecule has 0 saturated carbocycles. The van der Waals surface area contributed by atoms with Crippen LogP contribution in [-0.2, 0) is 22.6 Å². The van der Waals surface area contributed by atoms with E-state index >= 15 is 0 Å². The van der Waals surface area contributed by atoms with E-state index < -0.39 is 21.6 Å². The maximum Gasteiger partial charge on any atom is 0.416 e. The molecule has 24 heavy (non-hydrogen) atoms. The zero-order valence-electron chi connectivity index (χ0n) is 13.6. The van der Waals surface area contributed by atoms with Gasteiger partial charge in [0.15, 0.2) is 5.96 Å². The van der Waals surface area contributed by atoms with Crippen LogP contribution >= 0.6 is 24.0 Å². The summed E-state index contributed by atoms with van der Waals surface area (Å²) >= 11 is 0. The van der Waals surface area contributed by atoms with Crippen LogP contribution in [0.3, 0.4) is 0 Å². The summed E-state index contributed by atoms with van der Waals surface area (Å²) in [4.78, 5) is 5.72. The number of aliphatic imine (C=N–C) groups is 1. The number of rotatable bonds is 5. The summed E-state index contributed by atoms with van der Waals surface area (Å²) in [5, 5.41) is 2.90. The van der Waals surface area contributed by atoms with E-state index in [1.807, 2.05) is 0 Å². The number of sulfone groups is 1. The third-order valence-electron chi connectivity index (χ3n) is 3.03. The first-order valence-corrected chi connectivity index (χ1v) is 8.84. The summed E-state index contributed by atoms with van der Waals surface area (Å²) in [5.74, 6) is 0.439. The smallest absolute Gasteiger partial charge is 0.355 e. The van der Waals surface area contributed by atoms with Crippen molar-refractivity contribution >= 4 is 39.8 Å². The van der Waals surface area contributed by atoms with E-state index in [0.29, 0.717) is 18.1 Å². The number of halogens is 4. The average molecular weight is 479 g/mol. The Balaban J connectivity index is 0.00000529. The maximum absolute atomic E-state index is 12.5. The van der Waals surface area contributed by atoms with Crippen molar-refractivity contribution in [1.29, 1.82) is 0 Å². The fraction of sp³-hybridized carbons (Fsp3) is 0.500. The third-order valence-corrected chi connectivity index (χ3v) is 3.98. The number of alkyl halides is 3. The van der Waals surface area contributed by atoms with Crippen molar-refractivity contribution in [2.45, 2.75) is 12.7 Å². The molecule has 0 bridgehead atoms. The van der Waals surface area contributed by atoms with Crippen molar-refractivity contribution in [3.8, 4) is 0 Å². The molecule has 10 heteroatoms. The Kier molecular flexibility index (Phi) is 9.04. The summed E-state index contributed by atoms with van der Waals surface area (Å²) in [5.41, 5.74) is -0.00822. The Hall–Kier alpha value is -1.04. The second-order valence-electron chi connectivity index (χ2n) is 5.15. The summed E-state index contributed by atoms with van der Waals surface area (Å²) in [6.45, 7) is 0.555. The van der Waals surface area contributed by atoms with Crippen LogP contribution in [0.5, 0.6) is 0 Å². The Labute approximate surface area is 157 Å². The van der Waals surface area contributed by atoms with Crippen molar-refractivity contribution < 1.29 is 21.6 Å². The summed E-state index contributed by atoms with van der Waals surface area (Å²) < 4.78 is 59.7. The molecule has 0 aliphatic carbocycles. The molecule has 0 radical (unpaired) electrons. The molecular weight excluding hydrogens is 458 g/mol. The van der Waals surface area contributed by atoms with Gasteiger partial charge >= 0.3 is 6.18 Å². The van der Waals surface area contributed by atoms with Gasteiger partial charge in [-0.05, 0) is 17.7 Å². The first-order chi connectivity index (χ1) is 10.5. The van der Waals surface area contributed by atoms with Gasteiger partial charge in [0.2, 0.25) is 0 Å². The minimum atomic E-state index is -4.35. The number of hydrogen-bond donors (Lipinski definition) is 1. The molecule has 1 rings (SSSR count). The highest BCUT2D eigenvalue weighted by atomic mass is 127. The molecule has 0 aromatic heterocycles. The fourth-order valence-electron chi connectivity index (χ4n) is 1.88. The normalized spacial score (nSPS) is 12.5. The zero-order chi connectivity index (χ0) is 17.7. The zero-order valence-corrected chi connectivity index (χ0v) is 16.7. The molecule has 0 aliphatic heterocycles. The lowest BCUT2D eigenvalue weighted by atomic mass is 10.1. The first kappa shape index (κ1) is 23.0. The van der Waals surface area contributed by atoms with Crippen molar-refractivity contribution in [3.63, 3.8) is 0 Å². The van der Waals surface area contributed by atoms with Gasteiger partial charge in [-0.15, -0.1) is 24.0 Å². The van der Waals surface area contributed by atoms with Gasteiger partial charge in [0.05, 0.1) is 11.3 Å². The van der Waals surface area contributed by atoms with Crippen molar-refractivity contribution in [1.82, 2.24) is 10.2 Å². The summed E-state index contributed by atoms with van der Waals surface area (Å²) in [7, 11) is 0.189. The van der Waals surface area contributed by atoms with Crippen LogP contribution in [0.4, 0.5) is 13.2 Å². The minimum Gasteiger partial charge on any atom is -0.355 e. The fourth-order valence-corrected chi connectivity index (χ4v) is 2.35. The monoisotopic (exact) mass is 479 g/mol. The maximum atomic E-state index is 12.5. The lowest BCUT2D eigenvalue weighted by Crippen LogP contribution is -2.40. The molecule has 0 amide bonds. The SMILES string of the molecule is CN=C(NCCS(C)(=O)=O)N(C)Cc1ccc(C(F)(F)F)cc1.I. The molecule has 0 spiro atoms. The second kappa shape index (κ2) is 9.44. The Morgan fingerprint density at radius 2 is 1.79 bits per heavy atom. The lowest BCUT2D eigenvalue weighted by Gasteiger charge is -2.22. The largest absolute Gasteiger partial charge is 0.416 e. The van der Waals surface area contributed by atoms with Crippen molar-refractivity contribution in [2.24, 2.45) is 4.99 Å². The molecule has 0 atom stereocenters. The van der Waals surface area contributed by atoms with Crippen LogP contribution in [0.25, 0.3) is 0 Å². The number of benzene rings is 1. The molecule has 5 nitrogen and oxygen atoms in total. The molecule has 138 valence electrons. The van der Waals surface area contributed by atoms with Gasteiger partial charge in [0.25, 0.3) is 0 Å². The van der Waals surface area contributed by atoms with E-state index in [1.54, 1.807) is 19.0 Å². The average Bonchev–Trinajstić information content (AvgIpc) is 2.42. The van der Waals surface area contributed by atoms with Gasteiger partial charge < -0.3 is 10.2 Å². The van der Waals surface area contributed by atoms with Gasteiger partial charge in [-0.1, -0.05) is 12.1 Å². The predicted molar refractivity (Wildman–Crippen MR) is 99.4 cm³/mol. The van der Waals surface area contributed by atoms with E-state index in [0.717, 1.165) is 18.4 Å². The quantitative estimate of drug-likeness (QED) is 0.401. The molecular formula is C14H21F3IN3O2S. The number of nitrogens with zero attached hydrogens (tertiary/aromatic N) is 2. The minimum absolute atomic E-state index is 0. The van der Waals surface area contributed by atoms with Gasteiger partial charge in [0, 0.05) is 33.4 Å². The number of hydrogen-bond acceptors (Lipinski definition) is 3. The molecule has 1 N–H and O–H groups in total. The van der Waals surface area contributed by atoms with Gasteiger partial charge in [-0.25, -0.2) is 8.42 Å². The molecule has 0 aliphatic rings.